The first kappa shape index (κ1) is 15.6. The third kappa shape index (κ3) is 4.10. The smallest absolute Gasteiger partial charge is 0.410 e. The zero-order valence-corrected chi connectivity index (χ0v) is 11.3. The molecule has 0 saturated carbocycles. The van der Waals surface area contributed by atoms with Gasteiger partial charge in [0.2, 0.25) is 0 Å². The van der Waals surface area contributed by atoms with E-state index in [4.69, 9.17) is 10.5 Å². The van der Waals surface area contributed by atoms with Gasteiger partial charge in [0, 0.05) is 19.0 Å². The minimum atomic E-state index is -4.44. The first-order valence-corrected chi connectivity index (χ1v) is 6.66. The maximum absolute atomic E-state index is 12.5. The second kappa shape index (κ2) is 6.34. The van der Waals surface area contributed by atoms with Crippen LogP contribution < -0.4 is 5.73 Å². The van der Waals surface area contributed by atoms with E-state index in [9.17, 15) is 18.0 Å². The molecular weight excluding hydrogens is 285 g/mol. The van der Waals surface area contributed by atoms with Gasteiger partial charge in [0.25, 0.3) is 0 Å². The summed E-state index contributed by atoms with van der Waals surface area (Å²) in [6.07, 6.45) is -4.80. The maximum Gasteiger partial charge on any atom is 0.410 e. The number of amides is 1. The summed E-state index contributed by atoms with van der Waals surface area (Å²) in [5.41, 5.74) is 6.01. The second-order valence-corrected chi connectivity index (χ2v) is 5.10. The maximum atomic E-state index is 12.5. The van der Waals surface area contributed by atoms with Crippen LogP contribution >= 0.6 is 0 Å². The lowest BCUT2D eigenvalue weighted by molar-refractivity contribution is -0.157. The molecule has 4 nitrogen and oxygen atoms in total. The summed E-state index contributed by atoms with van der Waals surface area (Å²) >= 11 is 0. The predicted octanol–water partition coefficient (Wildman–Crippen LogP) is 2.53. The molecule has 1 unspecified atom stereocenters. The summed E-state index contributed by atoms with van der Waals surface area (Å²) in [5.74, 6) is -0.769. The lowest BCUT2D eigenvalue weighted by Crippen LogP contribution is -2.45. The fraction of sp³-hybridized carbons (Fsp3) is 0.500. The highest BCUT2D eigenvalue weighted by molar-refractivity contribution is 5.68. The Labute approximate surface area is 120 Å². The van der Waals surface area contributed by atoms with E-state index in [0.717, 1.165) is 5.56 Å². The normalized spacial score (nSPS) is 20.4. The summed E-state index contributed by atoms with van der Waals surface area (Å²) in [4.78, 5) is 13.1. The summed E-state index contributed by atoms with van der Waals surface area (Å²) in [6, 6.07) is 7.19. The highest BCUT2D eigenvalue weighted by Crippen LogP contribution is 2.29. The number of ether oxygens (including phenoxy) is 1. The highest BCUT2D eigenvalue weighted by Gasteiger charge is 2.45. The Morgan fingerprint density at radius 3 is 2.67 bits per heavy atom. The first-order valence-electron chi connectivity index (χ1n) is 6.66. The van der Waals surface area contributed by atoms with Crippen molar-refractivity contribution >= 4 is 6.09 Å². The Hall–Kier alpha value is -1.76. The fourth-order valence-corrected chi connectivity index (χ4v) is 2.32. The molecule has 1 heterocycles. The number of likely N-dealkylation sites (tertiary alicyclic amines) is 1. The van der Waals surface area contributed by atoms with Crippen molar-refractivity contribution in [2.45, 2.75) is 25.2 Å². The molecule has 1 aromatic rings. The van der Waals surface area contributed by atoms with E-state index < -0.39 is 24.2 Å². The quantitative estimate of drug-likeness (QED) is 0.933. The van der Waals surface area contributed by atoms with Crippen molar-refractivity contribution < 1.29 is 22.7 Å². The molecule has 1 aliphatic rings. The molecule has 0 aromatic heterocycles. The number of hydrogen-bond acceptors (Lipinski definition) is 3. The minimum Gasteiger partial charge on any atom is -0.445 e. The van der Waals surface area contributed by atoms with E-state index in [1.807, 2.05) is 18.2 Å². The van der Waals surface area contributed by atoms with Crippen molar-refractivity contribution in [3.05, 3.63) is 35.9 Å². The molecule has 0 aliphatic carbocycles. The first-order chi connectivity index (χ1) is 9.88. The van der Waals surface area contributed by atoms with E-state index in [-0.39, 0.29) is 26.1 Å². The molecule has 0 radical (unpaired) electrons. The molecule has 1 saturated heterocycles. The Bertz CT molecular complexity index is 479. The third-order valence-electron chi connectivity index (χ3n) is 3.57. The van der Waals surface area contributed by atoms with Crippen molar-refractivity contribution in [1.29, 1.82) is 0 Å². The van der Waals surface area contributed by atoms with Gasteiger partial charge in [-0.15, -0.1) is 0 Å². The van der Waals surface area contributed by atoms with Crippen molar-refractivity contribution in [2.75, 3.05) is 13.1 Å². The topological polar surface area (TPSA) is 55.6 Å². The number of alkyl halides is 3. The van der Waals surface area contributed by atoms with Crippen LogP contribution in [0.4, 0.5) is 18.0 Å². The molecule has 2 atom stereocenters. The average Bonchev–Trinajstić information content (AvgIpc) is 2.93. The number of nitrogens with zero attached hydrogens (tertiary/aromatic N) is 1. The standard InChI is InChI=1S/C14H17F3N2O2/c15-14(16,17)12(18)11-6-7-19(8-11)13(20)21-9-10-4-2-1-3-5-10/h1-5,11-12H,6-9,18H2/t11-,12?/m1/s1. The number of halogens is 3. The van der Waals surface area contributed by atoms with Crippen LogP contribution in [0.5, 0.6) is 0 Å². The molecule has 1 amide bonds. The van der Waals surface area contributed by atoms with E-state index in [0.29, 0.717) is 0 Å². The van der Waals surface area contributed by atoms with Gasteiger partial charge in [0.15, 0.2) is 0 Å². The number of benzene rings is 1. The molecule has 0 spiro atoms. The van der Waals surface area contributed by atoms with Crippen LogP contribution in [0, 0.1) is 5.92 Å². The van der Waals surface area contributed by atoms with Crippen LogP contribution in [-0.4, -0.2) is 36.3 Å². The van der Waals surface area contributed by atoms with Crippen LogP contribution in [0.2, 0.25) is 0 Å². The molecule has 116 valence electrons. The molecule has 2 N–H and O–H groups in total. The molecule has 2 rings (SSSR count). The lowest BCUT2D eigenvalue weighted by atomic mass is 9.99. The number of hydrogen-bond donors (Lipinski definition) is 1. The van der Waals surface area contributed by atoms with Gasteiger partial charge in [0.1, 0.15) is 12.6 Å². The Morgan fingerprint density at radius 1 is 1.38 bits per heavy atom. The van der Waals surface area contributed by atoms with E-state index in [1.165, 1.54) is 4.90 Å². The van der Waals surface area contributed by atoms with E-state index in [2.05, 4.69) is 0 Å². The van der Waals surface area contributed by atoms with Gasteiger partial charge in [-0.3, -0.25) is 0 Å². The zero-order chi connectivity index (χ0) is 15.5. The Balaban J connectivity index is 1.82. The van der Waals surface area contributed by atoms with Gasteiger partial charge in [-0.1, -0.05) is 30.3 Å². The summed E-state index contributed by atoms with van der Waals surface area (Å²) < 4.78 is 42.7. The highest BCUT2D eigenvalue weighted by atomic mass is 19.4. The zero-order valence-electron chi connectivity index (χ0n) is 11.3. The molecule has 1 aromatic carbocycles. The van der Waals surface area contributed by atoms with Gasteiger partial charge in [0.05, 0.1) is 0 Å². The summed E-state index contributed by atoms with van der Waals surface area (Å²) in [7, 11) is 0. The average molecular weight is 302 g/mol. The molecule has 1 fully saturated rings. The third-order valence-corrected chi connectivity index (χ3v) is 3.57. The number of nitrogens with two attached hydrogens (primary N) is 1. The fourth-order valence-electron chi connectivity index (χ4n) is 2.32. The van der Waals surface area contributed by atoms with Gasteiger partial charge in [-0.2, -0.15) is 13.2 Å². The van der Waals surface area contributed by atoms with Crippen LogP contribution in [0.3, 0.4) is 0 Å². The molecule has 21 heavy (non-hydrogen) atoms. The van der Waals surface area contributed by atoms with Crippen LogP contribution in [0.25, 0.3) is 0 Å². The van der Waals surface area contributed by atoms with Crippen molar-refractivity contribution in [2.24, 2.45) is 11.7 Å². The number of carbonyl (C=O) groups excluding carboxylic acids is 1. The van der Waals surface area contributed by atoms with Crippen molar-refractivity contribution in [3.8, 4) is 0 Å². The second-order valence-electron chi connectivity index (χ2n) is 5.10. The van der Waals surface area contributed by atoms with Crippen LogP contribution in [-0.2, 0) is 11.3 Å². The SMILES string of the molecule is NC([C@@H]1CCN(C(=O)OCc2ccccc2)C1)C(F)(F)F. The Morgan fingerprint density at radius 2 is 2.05 bits per heavy atom. The van der Waals surface area contributed by atoms with Crippen molar-refractivity contribution in [1.82, 2.24) is 4.90 Å². The predicted molar refractivity (Wildman–Crippen MR) is 70.3 cm³/mol. The van der Waals surface area contributed by atoms with Gasteiger partial charge < -0.3 is 15.4 Å². The van der Waals surface area contributed by atoms with Gasteiger partial charge in [-0.25, -0.2) is 4.79 Å². The van der Waals surface area contributed by atoms with Crippen LogP contribution in [0.1, 0.15) is 12.0 Å². The monoisotopic (exact) mass is 302 g/mol. The summed E-state index contributed by atoms with van der Waals surface area (Å²) in [5, 5.41) is 0. The van der Waals surface area contributed by atoms with E-state index in [1.54, 1.807) is 12.1 Å². The lowest BCUT2D eigenvalue weighted by Gasteiger charge is -2.22. The van der Waals surface area contributed by atoms with E-state index >= 15 is 0 Å². The number of carbonyl (C=O) groups is 1. The molecule has 0 bridgehead atoms. The van der Waals surface area contributed by atoms with Crippen LogP contribution in [0.15, 0.2) is 30.3 Å². The van der Waals surface area contributed by atoms with Gasteiger partial charge >= 0.3 is 12.3 Å². The summed E-state index contributed by atoms with van der Waals surface area (Å²) in [6.45, 7) is 0.322. The number of rotatable bonds is 3. The molecule has 1 aliphatic heterocycles. The Kier molecular flexibility index (Phi) is 4.72. The van der Waals surface area contributed by atoms with Crippen molar-refractivity contribution in [3.63, 3.8) is 0 Å². The largest absolute Gasteiger partial charge is 0.445 e. The molecule has 7 heteroatoms. The molecular formula is C14H17F3N2O2. The van der Waals surface area contributed by atoms with Gasteiger partial charge in [-0.05, 0) is 12.0 Å². The minimum absolute atomic E-state index is 0.0195.